The Kier molecular flexibility index (Phi) is 8.69. The van der Waals surface area contributed by atoms with Gasteiger partial charge in [-0.3, -0.25) is 4.79 Å². The van der Waals surface area contributed by atoms with E-state index in [0.717, 1.165) is 22.6 Å². The zero-order valence-electron chi connectivity index (χ0n) is 14.9. The van der Waals surface area contributed by atoms with E-state index in [2.05, 4.69) is 33.8 Å². The first-order valence-corrected chi connectivity index (χ1v) is 7.92. The summed E-state index contributed by atoms with van der Waals surface area (Å²) >= 11 is 0. The second-order valence-electron chi connectivity index (χ2n) is 5.63. The van der Waals surface area contributed by atoms with Gasteiger partial charge in [0.1, 0.15) is 0 Å². The largest absolute Gasteiger partial charge is 0.512 e. The number of allylic oxidation sites excluding steroid dienone is 2. The van der Waals surface area contributed by atoms with Crippen molar-refractivity contribution >= 4 is 5.78 Å². The molecule has 0 atom stereocenters. The quantitative estimate of drug-likeness (QED) is 0.307. The van der Waals surface area contributed by atoms with Crippen LogP contribution in [0.2, 0.25) is 0 Å². The Bertz CT molecular complexity index is 849. The summed E-state index contributed by atoms with van der Waals surface area (Å²) in [6, 6.07) is 19.5. The predicted molar refractivity (Wildman–Crippen MR) is 99.6 cm³/mol. The number of pyridine rings is 1. The number of nitrogens with zero attached hydrogens (tertiary/aromatic N) is 2. The summed E-state index contributed by atoms with van der Waals surface area (Å²) in [7, 11) is 0. The van der Waals surface area contributed by atoms with E-state index in [1.54, 1.807) is 0 Å². The van der Waals surface area contributed by atoms with Gasteiger partial charge in [-0.05, 0) is 44.2 Å². The monoisotopic (exact) mass is 526 g/mol. The molecule has 0 amide bonds. The first kappa shape index (κ1) is 21.6. The van der Waals surface area contributed by atoms with Gasteiger partial charge >= 0.3 is 0 Å². The fraction of sp³-hybridized carbons (Fsp3) is 0.143. The second-order valence-corrected chi connectivity index (χ2v) is 5.63. The maximum absolute atomic E-state index is 10.0. The molecule has 0 saturated carbocycles. The second kappa shape index (κ2) is 10.5. The summed E-state index contributed by atoms with van der Waals surface area (Å²) in [6.45, 7) is 4.89. The van der Waals surface area contributed by atoms with E-state index in [4.69, 9.17) is 5.11 Å². The first-order valence-electron chi connectivity index (χ1n) is 7.92. The summed E-state index contributed by atoms with van der Waals surface area (Å²) in [5.41, 5.74) is 4.21. The molecule has 0 bridgehead atoms. The zero-order chi connectivity index (χ0) is 18.2. The summed E-state index contributed by atoms with van der Waals surface area (Å²) in [5.74, 6) is -0.0625. The fourth-order valence-corrected chi connectivity index (χ4v) is 2.24. The van der Waals surface area contributed by atoms with E-state index in [1.165, 1.54) is 19.9 Å². The van der Waals surface area contributed by atoms with Crippen LogP contribution >= 0.6 is 0 Å². The standard InChI is InChI=1S/C16H13N2.C5H8O2.Ir/c1-13-9-10-15(17-12-13)16-8-5-11-18(16)14-6-3-2-4-7-14;1-4(6)3-5(2)7;/h2-7,9-12H,1H3;3,6H,1-2H3;/q-1;;/b;4-3-;. The number of aliphatic hydroxyl groups excluding tert-OH is 1. The van der Waals surface area contributed by atoms with Crippen LogP contribution in [0.1, 0.15) is 19.4 Å². The molecule has 0 aliphatic rings. The van der Waals surface area contributed by atoms with Crippen molar-refractivity contribution in [2.24, 2.45) is 0 Å². The molecule has 2 heterocycles. The SMILES string of the molecule is CC(=O)/C=C(/C)O.Cc1ccc(-c2[c-]ccn2-c2ccccc2)nc1.[Ir]. The number of ketones is 1. The number of aromatic nitrogens is 2. The predicted octanol–water partition coefficient (Wildman–Crippen LogP) is 4.68. The van der Waals surface area contributed by atoms with Crippen molar-refractivity contribution in [2.45, 2.75) is 20.8 Å². The van der Waals surface area contributed by atoms with Crippen molar-refractivity contribution in [1.29, 1.82) is 0 Å². The van der Waals surface area contributed by atoms with Gasteiger partial charge in [0, 0.05) is 38.1 Å². The number of aliphatic hydroxyl groups is 1. The third kappa shape index (κ3) is 6.43. The number of para-hydroxylation sites is 1. The Labute approximate surface area is 167 Å². The molecule has 0 fully saturated rings. The van der Waals surface area contributed by atoms with E-state index >= 15 is 0 Å². The number of benzene rings is 1. The minimum atomic E-state index is -0.125. The molecule has 0 spiro atoms. The van der Waals surface area contributed by atoms with Crippen molar-refractivity contribution in [3.8, 4) is 17.1 Å². The molecule has 137 valence electrons. The van der Waals surface area contributed by atoms with Crippen molar-refractivity contribution in [3.63, 3.8) is 0 Å². The van der Waals surface area contributed by atoms with E-state index in [-0.39, 0.29) is 31.6 Å². The Morgan fingerprint density at radius 2 is 1.85 bits per heavy atom. The molecular weight excluding hydrogens is 504 g/mol. The maximum atomic E-state index is 10.0. The maximum Gasteiger partial charge on any atom is 0.155 e. The van der Waals surface area contributed by atoms with Gasteiger partial charge in [0.05, 0.1) is 5.76 Å². The average Bonchev–Trinajstić information content (AvgIpc) is 3.05. The van der Waals surface area contributed by atoms with Crippen molar-refractivity contribution < 1.29 is 30.0 Å². The van der Waals surface area contributed by atoms with Crippen LogP contribution < -0.4 is 0 Å². The molecule has 0 aliphatic heterocycles. The van der Waals surface area contributed by atoms with Gasteiger partial charge in [-0.2, -0.15) is 12.1 Å². The Balaban J connectivity index is 0.000000366. The minimum absolute atomic E-state index is 0. The summed E-state index contributed by atoms with van der Waals surface area (Å²) < 4.78 is 2.09. The van der Waals surface area contributed by atoms with Crippen molar-refractivity contribution in [3.05, 3.63) is 84.4 Å². The molecule has 3 rings (SSSR count). The molecule has 5 heteroatoms. The third-order valence-electron chi connectivity index (χ3n) is 3.29. The molecule has 0 unspecified atom stereocenters. The molecule has 3 aromatic rings. The number of rotatable bonds is 3. The number of hydrogen-bond acceptors (Lipinski definition) is 3. The van der Waals surface area contributed by atoms with Crippen LogP contribution in [-0.4, -0.2) is 20.4 Å². The summed E-state index contributed by atoms with van der Waals surface area (Å²) in [6.07, 6.45) is 5.05. The van der Waals surface area contributed by atoms with Crippen LogP contribution in [0.15, 0.2) is 72.8 Å². The van der Waals surface area contributed by atoms with E-state index < -0.39 is 0 Å². The van der Waals surface area contributed by atoms with Gasteiger partial charge in [-0.1, -0.05) is 42.2 Å². The Morgan fingerprint density at radius 3 is 2.35 bits per heavy atom. The van der Waals surface area contributed by atoms with Gasteiger partial charge in [0.25, 0.3) is 0 Å². The van der Waals surface area contributed by atoms with Crippen LogP contribution in [0.25, 0.3) is 17.1 Å². The molecular formula is C21H21IrN2O2-. The molecule has 1 N–H and O–H groups in total. The van der Waals surface area contributed by atoms with Gasteiger partial charge in [-0.15, -0.1) is 0 Å². The van der Waals surface area contributed by atoms with Crippen LogP contribution in [0.4, 0.5) is 0 Å². The van der Waals surface area contributed by atoms with Crippen LogP contribution in [0.5, 0.6) is 0 Å². The number of carbonyl (C=O) groups is 1. The zero-order valence-corrected chi connectivity index (χ0v) is 17.3. The summed E-state index contributed by atoms with van der Waals surface area (Å²) in [4.78, 5) is 14.5. The van der Waals surface area contributed by atoms with Crippen LogP contribution in [-0.2, 0) is 24.9 Å². The van der Waals surface area contributed by atoms with Gasteiger partial charge in [0.15, 0.2) is 5.78 Å². The third-order valence-corrected chi connectivity index (χ3v) is 3.29. The Morgan fingerprint density at radius 1 is 1.15 bits per heavy atom. The Hall–Kier alpha value is -2.49. The number of hydrogen-bond donors (Lipinski definition) is 1. The first-order chi connectivity index (χ1) is 12.0. The average molecular weight is 526 g/mol. The molecule has 0 aliphatic carbocycles. The molecule has 0 saturated heterocycles. The van der Waals surface area contributed by atoms with Gasteiger partial charge in [0.2, 0.25) is 0 Å². The molecule has 4 nitrogen and oxygen atoms in total. The normalized spacial score (nSPS) is 10.3. The van der Waals surface area contributed by atoms with Crippen molar-refractivity contribution in [1.82, 2.24) is 9.55 Å². The smallest absolute Gasteiger partial charge is 0.155 e. The van der Waals surface area contributed by atoms with Crippen molar-refractivity contribution in [2.75, 3.05) is 0 Å². The molecule has 2 aromatic heterocycles. The van der Waals surface area contributed by atoms with Gasteiger partial charge < -0.3 is 14.7 Å². The molecule has 1 radical (unpaired) electrons. The van der Waals surface area contributed by atoms with Gasteiger partial charge in [-0.25, -0.2) is 0 Å². The van der Waals surface area contributed by atoms with E-state index in [1.807, 2.05) is 49.6 Å². The minimum Gasteiger partial charge on any atom is -0.512 e. The van der Waals surface area contributed by atoms with Crippen LogP contribution in [0, 0.1) is 13.0 Å². The van der Waals surface area contributed by atoms with E-state index in [0.29, 0.717) is 0 Å². The van der Waals surface area contributed by atoms with Crippen LogP contribution in [0.3, 0.4) is 0 Å². The molecule has 26 heavy (non-hydrogen) atoms. The number of carbonyl (C=O) groups excluding carboxylic acids is 1. The summed E-state index contributed by atoms with van der Waals surface area (Å²) in [5, 5.41) is 8.36. The fourth-order valence-electron chi connectivity index (χ4n) is 2.24. The van der Waals surface area contributed by atoms with E-state index in [9.17, 15) is 4.79 Å². The molecule has 1 aromatic carbocycles. The number of aryl methyl sites for hydroxylation is 1. The topological polar surface area (TPSA) is 55.1 Å².